The van der Waals surface area contributed by atoms with Crippen molar-refractivity contribution in [2.75, 3.05) is 19.4 Å². The first-order valence-corrected chi connectivity index (χ1v) is 5.79. The summed E-state index contributed by atoms with van der Waals surface area (Å²) in [7, 11) is 1.52. The highest BCUT2D eigenvalue weighted by molar-refractivity contribution is 6.29. The number of hydrogen-bond donors (Lipinski definition) is 2. The number of nitrogens with one attached hydrogen (secondary N) is 2. The van der Waals surface area contributed by atoms with E-state index in [1.54, 1.807) is 18.2 Å². The van der Waals surface area contributed by atoms with Gasteiger partial charge in [-0.1, -0.05) is 23.6 Å². The van der Waals surface area contributed by atoms with E-state index in [-0.39, 0.29) is 5.16 Å². The zero-order valence-corrected chi connectivity index (χ0v) is 11.0. The van der Waals surface area contributed by atoms with Crippen molar-refractivity contribution < 1.29 is 8.85 Å². The summed E-state index contributed by atoms with van der Waals surface area (Å²) in [5.41, 5.74) is 4.43. The van der Waals surface area contributed by atoms with Crippen LogP contribution >= 0.6 is 11.6 Å². The van der Waals surface area contributed by atoms with Crippen LogP contribution in [0.3, 0.4) is 0 Å². The monoisotopic (exact) mass is 278 g/mol. The third-order valence-electron chi connectivity index (χ3n) is 2.49. The minimum atomic E-state index is -2.38. The van der Waals surface area contributed by atoms with Crippen LogP contribution in [0.5, 0.6) is 5.75 Å². The largest absolute Gasteiger partial charge is 0.493 e. The Morgan fingerprint density at radius 2 is 2.42 bits per heavy atom. The number of halogens is 1. The smallest absolute Gasteiger partial charge is 0.157 e. The van der Waals surface area contributed by atoms with Crippen molar-refractivity contribution in [1.82, 2.24) is 10.4 Å². The van der Waals surface area contributed by atoms with Gasteiger partial charge in [0.15, 0.2) is 5.75 Å². The number of nitrogens with zero attached hydrogens (tertiary/aromatic N) is 1. The first-order chi connectivity index (χ1) is 10.4. The molecule has 1 aliphatic rings. The molecule has 1 aromatic carbocycles. The maximum absolute atomic E-state index is 7.34. The summed E-state index contributed by atoms with van der Waals surface area (Å²) in [6.45, 7) is -2.38. The summed E-state index contributed by atoms with van der Waals surface area (Å²) >= 11 is 5.98. The second-order valence-corrected chi connectivity index (χ2v) is 4.07. The highest BCUT2D eigenvalue weighted by Crippen LogP contribution is 2.30. The van der Waals surface area contributed by atoms with Crippen LogP contribution in [0.4, 0.5) is 5.69 Å². The number of allylic oxidation sites excluding steroid dienone is 1. The molecule has 19 heavy (non-hydrogen) atoms. The standard InChI is InChI=1S/C14H14ClN3O/c1-4-10-6-5-7-12(14(10)19-3)17-11-8-13(15)18(2)16-9-11/h1,5-9,16-17H,2-3H3/i2D3. The van der Waals surface area contributed by atoms with Gasteiger partial charge in [-0.05, 0) is 18.2 Å². The van der Waals surface area contributed by atoms with Gasteiger partial charge in [0.2, 0.25) is 0 Å². The van der Waals surface area contributed by atoms with Crippen LogP contribution in [0.2, 0.25) is 0 Å². The molecule has 0 aromatic heterocycles. The van der Waals surface area contributed by atoms with Gasteiger partial charge in [-0.25, -0.2) is 0 Å². The first-order valence-electron chi connectivity index (χ1n) is 6.91. The lowest BCUT2D eigenvalue weighted by molar-refractivity contribution is 0.368. The predicted octanol–water partition coefficient (Wildman–Crippen LogP) is 2.46. The lowest BCUT2D eigenvalue weighted by Crippen LogP contribution is -2.31. The normalized spacial score (nSPS) is 16.9. The number of rotatable bonds is 3. The highest BCUT2D eigenvalue weighted by atomic mass is 35.5. The van der Waals surface area contributed by atoms with Crippen molar-refractivity contribution in [3.8, 4) is 18.1 Å². The van der Waals surface area contributed by atoms with Crippen LogP contribution < -0.4 is 15.5 Å². The second kappa shape index (κ2) is 5.59. The Labute approximate surface area is 121 Å². The Kier molecular flexibility index (Phi) is 2.84. The van der Waals surface area contributed by atoms with Crippen LogP contribution in [0, 0.1) is 12.3 Å². The van der Waals surface area contributed by atoms with E-state index in [4.69, 9.17) is 26.9 Å². The fourth-order valence-corrected chi connectivity index (χ4v) is 1.79. The summed E-state index contributed by atoms with van der Waals surface area (Å²) in [6, 6.07) is 5.34. The molecule has 1 heterocycles. The third-order valence-corrected chi connectivity index (χ3v) is 2.77. The molecule has 0 atom stereocenters. The van der Waals surface area contributed by atoms with Crippen LogP contribution in [0.15, 0.2) is 41.3 Å². The zero-order valence-electron chi connectivity index (χ0n) is 13.2. The average Bonchev–Trinajstić information content (AvgIpc) is 2.45. The van der Waals surface area contributed by atoms with Crippen LogP contribution in [0.25, 0.3) is 0 Å². The molecule has 0 aliphatic carbocycles. The molecule has 0 saturated carbocycles. The lowest BCUT2D eigenvalue weighted by atomic mass is 10.1. The molecule has 0 saturated heterocycles. The van der Waals surface area contributed by atoms with E-state index in [0.29, 0.717) is 22.7 Å². The van der Waals surface area contributed by atoms with Crippen LogP contribution in [-0.4, -0.2) is 19.1 Å². The van der Waals surface area contributed by atoms with Crippen LogP contribution in [0.1, 0.15) is 9.68 Å². The molecule has 2 N–H and O–H groups in total. The second-order valence-electron chi connectivity index (χ2n) is 3.69. The number of para-hydroxylation sites is 1. The van der Waals surface area contributed by atoms with Gasteiger partial charge in [-0.2, -0.15) is 0 Å². The number of terminal acetylenes is 1. The topological polar surface area (TPSA) is 36.5 Å². The minimum Gasteiger partial charge on any atom is -0.493 e. The average molecular weight is 279 g/mol. The molecule has 4 nitrogen and oxygen atoms in total. The SMILES string of the molecule is [2H]C([2H])([2H])N1NC=C(Nc2cccc(C#C)c2OC)C=C1Cl. The molecule has 0 unspecified atom stereocenters. The first kappa shape index (κ1) is 9.65. The molecule has 0 amide bonds. The van der Waals surface area contributed by atoms with Gasteiger partial charge in [0.05, 0.1) is 24.1 Å². The van der Waals surface area contributed by atoms with Gasteiger partial charge in [0, 0.05) is 17.3 Å². The van der Waals surface area contributed by atoms with Crippen molar-refractivity contribution >= 4 is 17.3 Å². The molecule has 0 radical (unpaired) electrons. The maximum atomic E-state index is 7.34. The van der Waals surface area contributed by atoms with E-state index in [1.165, 1.54) is 19.4 Å². The molecule has 98 valence electrons. The van der Waals surface area contributed by atoms with Crippen molar-refractivity contribution in [1.29, 1.82) is 0 Å². The Bertz CT molecular complexity index is 677. The number of methoxy groups -OCH3 is 1. The van der Waals surface area contributed by atoms with Crippen molar-refractivity contribution in [3.05, 3.63) is 46.9 Å². The summed E-state index contributed by atoms with van der Waals surface area (Å²) in [6.07, 6.45) is 8.41. The number of hydrogen-bond acceptors (Lipinski definition) is 4. The quantitative estimate of drug-likeness (QED) is 0.658. The summed E-state index contributed by atoms with van der Waals surface area (Å²) in [4.78, 5) is 0. The van der Waals surface area contributed by atoms with E-state index >= 15 is 0 Å². The zero-order chi connectivity index (χ0) is 16.3. The van der Waals surface area contributed by atoms with E-state index in [1.807, 2.05) is 0 Å². The molecule has 0 fully saturated rings. The van der Waals surface area contributed by atoms with Gasteiger partial charge in [0.1, 0.15) is 5.16 Å². The number of ether oxygens (including phenoxy) is 1. The Morgan fingerprint density at radius 3 is 3.05 bits per heavy atom. The molecule has 2 rings (SSSR count). The molecule has 1 aliphatic heterocycles. The van der Waals surface area contributed by atoms with Gasteiger partial charge in [-0.3, -0.25) is 5.01 Å². The number of anilines is 1. The van der Waals surface area contributed by atoms with Crippen molar-refractivity contribution in [3.63, 3.8) is 0 Å². The van der Waals surface area contributed by atoms with Gasteiger partial charge in [0.25, 0.3) is 0 Å². The highest BCUT2D eigenvalue weighted by Gasteiger charge is 2.11. The van der Waals surface area contributed by atoms with Crippen molar-refractivity contribution in [2.45, 2.75) is 0 Å². The molecular weight excluding hydrogens is 262 g/mol. The fraction of sp³-hybridized carbons (Fsp3) is 0.143. The Hall–Kier alpha value is -2.25. The van der Waals surface area contributed by atoms with Gasteiger partial charge >= 0.3 is 0 Å². The summed E-state index contributed by atoms with van der Waals surface area (Å²) in [5.74, 6) is 3.06. The van der Waals surface area contributed by atoms with Gasteiger partial charge < -0.3 is 15.5 Å². The molecular formula is C14H14ClN3O. The Morgan fingerprint density at radius 1 is 1.58 bits per heavy atom. The van der Waals surface area contributed by atoms with E-state index in [9.17, 15) is 0 Å². The van der Waals surface area contributed by atoms with E-state index < -0.39 is 6.98 Å². The number of hydrazine groups is 1. The summed E-state index contributed by atoms with van der Waals surface area (Å²) in [5, 5.41) is 4.01. The maximum Gasteiger partial charge on any atom is 0.157 e. The van der Waals surface area contributed by atoms with E-state index in [0.717, 1.165) is 5.01 Å². The predicted molar refractivity (Wildman–Crippen MR) is 77.5 cm³/mol. The van der Waals surface area contributed by atoms with Crippen molar-refractivity contribution in [2.24, 2.45) is 0 Å². The number of benzene rings is 1. The molecule has 5 heteroatoms. The minimum absolute atomic E-state index is 0.0390. The van der Waals surface area contributed by atoms with E-state index in [2.05, 4.69) is 16.7 Å². The molecule has 0 spiro atoms. The fourth-order valence-electron chi connectivity index (χ4n) is 1.63. The molecule has 0 bridgehead atoms. The lowest BCUT2D eigenvalue weighted by Gasteiger charge is -2.24. The van der Waals surface area contributed by atoms with Crippen LogP contribution in [-0.2, 0) is 0 Å². The van der Waals surface area contributed by atoms with Gasteiger partial charge in [-0.15, -0.1) is 6.42 Å². The Balaban J connectivity index is 2.24. The summed E-state index contributed by atoms with van der Waals surface area (Å²) < 4.78 is 27.3. The molecule has 1 aromatic rings. The third kappa shape index (κ3) is 2.78.